The van der Waals surface area contributed by atoms with Crippen molar-refractivity contribution >= 4 is 5.78 Å². The molecule has 1 rings (SSSR count). The molecule has 0 bridgehead atoms. The van der Waals surface area contributed by atoms with Gasteiger partial charge in [-0.15, -0.1) is 0 Å². The minimum atomic E-state index is -0.673. The molecule has 1 atom stereocenters. The Labute approximate surface area is 119 Å². The second-order valence-corrected chi connectivity index (χ2v) is 5.47. The Morgan fingerprint density at radius 1 is 1.35 bits per heavy atom. The summed E-state index contributed by atoms with van der Waals surface area (Å²) in [6.07, 6.45) is -0.673. The number of Topliss-reactive ketones (excluding diaryl/α,β-unsaturated/α-hetero) is 1. The van der Waals surface area contributed by atoms with E-state index in [4.69, 9.17) is 9.84 Å². The van der Waals surface area contributed by atoms with Gasteiger partial charge in [-0.2, -0.15) is 0 Å². The van der Waals surface area contributed by atoms with Crippen LogP contribution in [0.5, 0.6) is 5.75 Å². The minimum Gasteiger partial charge on any atom is -0.491 e. The van der Waals surface area contributed by atoms with Gasteiger partial charge in [-0.1, -0.05) is 0 Å². The standard InChI is InChI=1S/C15H23NO4/c1-11(18)12-4-6-14(7-5-12)20-9-13(19)8-16-15(2,3)10-17/h4-7,13,16-17,19H,8-10H2,1-3H3/t13-/m1/s1. The number of ketones is 1. The molecule has 0 fully saturated rings. The third-order valence-corrected chi connectivity index (χ3v) is 2.91. The Bertz CT molecular complexity index is 428. The third-order valence-electron chi connectivity index (χ3n) is 2.91. The van der Waals surface area contributed by atoms with Crippen LogP contribution in [0.15, 0.2) is 24.3 Å². The van der Waals surface area contributed by atoms with Crippen LogP contribution in [0.2, 0.25) is 0 Å². The number of hydrogen-bond donors (Lipinski definition) is 3. The molecule has 0 unspecified atom stereocenters. The lowest BCUT2D eigenvalue weighted by Gasteiger charge is -2.25. The lowest BCUT2D eigenvalue weighted by molar-refractivity contribution is 0.0906. The smallest absolute Gasteiger partial charge is 0.159 e. The second-order valence-electron chi connectivity index (χ2n) is 5.47. The van der Waals surface area contributed by atoms with Gasteiger partial charge in [-0.25, -0.2) is 0 Å². The number of β-amino-alcohol motifs (C(OH)–C–C–N with tert-alkyl or cyclic N) is 1. The van der Waals surface area contributed by atoms with E-state index < -0.39 is 11.6 Å². The van der Waals surface area contributed by atoms with Gasteiger partial charge in [-0.3, -0.25) is 4.79 Å². The summed E-state index contributed by atoms with van der Waals surface area (Å²) in [5.74, 6) is 0.613. The molecule has 112 valence electrons. The van der Waals surface area contributed by atoms with Crippen LogP contribution in [0.25, 0.3) is 0 Å². The summed E-state index contributed by atoms with van der Waals surface area (Å²) in [5, 5.41) is 21.9. The van der Waals surface area contributed by atoms with Gasteiger partial charge in [0, 0.05) is 17.6 Å². The highest BCUT2D eigenvalue weighted by Crippen LogP contribution is 2.12. The van der Waals surface area contributed by atoms with Gasteiger partial charge < -0.3 is 20.3 Å². The maximum absolute atomic E-state index is 11.1. The number of carbonyl (C=O) groups is 1. The average molecular weight is 281 g/mol. The highest BCUT2D eigenvalue weighted by molar-refractivity contribution is 5.94. The van der Waals surface area contributed by atoms with Crippen molar-refractivity contribution in [3.63, 3.8) is 0 Å². The van der Waals surface area contributed by atoms with Crippen molar-refractivity contribution in [1.29, 1.82) is 0 Å². The first kappa shape index (κ1) is 16.6. The van der Waals surface area contributed by atoms with Crippen molar-refractivity contribution in [2.45, 2.75) is 32.4 Å². The van der Waals surface area contributed by atoms with Crippen LogP contribution in [-0.2, 0) is 0 Å². The predicted octanol–water partition coefficient (Wildman–Crippen LogP) is 0.989. The van der Waals surface area contributed by atoms with Gasteiger partial charge in [-0.05, 0) is 45.0 Å². The zero-order valence-electron chi connectivity index (χ0n) is 12.2. The largest absolute Gasteiger partial charge is 0.491 e. The summed E-state index contributed by atoms with van der Waals surface area (Å²) in [4.78, 5) is 11.1. The highest BCUT2D eigenvalue weighted by atomic mass is 16.5. The molecule has 0 aliphatic heterocycles. The highest BCUT2D eigenvalue weighted by Gasteiger charge is 2.17. The zero-order chi connectivity index (χ0) is 15.2. The predicted molar refractivity (Wildman–Crippen MR) is 77.1 cm³/mol. The summed E-state index contributed by atoms with van der Waals surface area (Å²) >= 11 is 0. The van der Waals surface area contributed by atoms with Gasteiger partial charge >= 0.3 is 0 Å². The van der Waals surface area contributed by atoms with Crippen molar-refractivity contribution in [1.82, 2.24) is 5.32 Å². The maximum atomic E-state index is 11.1. The topological polar surface area (TPSA) is 78.8 Å². The fourth-order valence-electron chi connectivity index (χ4n) is 1.49. The van der Waals surface area contributed by atoms with Crippen LogP contribution in [0.1, 0.15) is 31.1 Å². The Morgan fingerprint density at radius 3 is 2.45 bits per heavy atom. The molecule has 20 heavy (non-hydrogen) atoms. The van der Waals surface area contributed by atoms with Crippen molar-refractivity contribution < 1.29 is 19.7 Å². The second kappa shape index (κ2) is 7.38. The van der Waals surface area contributed by atoms with E-state index in [1.165, 1.54) is 6.92 Å². The number of aliphatic hydroxyl groups excluding tert-OH is 2. The molecule has 0 spiro atoms. The molecule has 3 N–H and O–H groups in total. The van der Waals surface area contributed by atoms with Crippen LogP contribution in [0, 0.1) is 0 Å². The first-order chi connectivity index (χ1) is 9.34. The van der Waals surface area contributed by atoms with Crippen LogP contribution < -0.4 is 10.1 Å². The molecule has 1 aromatic carbocycles. The fraction of sp³-hybridized carbons (Fsp3) is 0.533. The van der Waals surface area contributed by atoms with Crippen LogP contribution in [0.3, 0.4) is 0 Å². The van der Waals surface area contributed by atoms with Gasteiger partial charge in [0.05, 0.1) is 6.61 Å². The number of carbonyl (C=O) groups excluding carboxylic acids is 1. The minimum absolute atomic E-state index is 0.00650. The molecule has 0 aromatic heterocycles. The molecule has 0 heterocycles. The Hall–Kier alpha value is -1.43. The molecule has 1 aromatic rings. The van der Waals surface area contributed by atoms with Crippen LogP contribution in [-0.4, -0.2) is 47.4 Å². The Morgan fingerprint density at radius 2 is 1.95 bits per heavy atom. The van der Waals surface area contributed by atoms with Crippen molar-refractivity contribution in [2.75, 3.05) is 19.8 Å². The van der Waals surface area contributed by atoms with Gasteiger partial charge in [0.2, 0.25) is 0 Å². The maximum Gasteiger partial charge on any atom is 0.159 e. The molecule has 0 aliphatic rings. The van der Waals surface area contributed by atoms with E-state index in [0.29, 0.717) is 17.9 Å². The normalized spacial score (nSPS) is 13.1. The zero-order valence-corrected chi connectivity index (χ0v) is 12.2. The number of rotatable bonds is 8. The van der Waals surface area contributed by atoms with E-state index in [0.717, 1.165) is 0 Å². The molecular formula is C15H23NO4. The van der Waals surface area contributed by atoms with E-state index >= 15 is 0 Å². The van der Waals surface area contributed by atoms with E-state index in [1.54, 1.807) is 24.3 Å². The van der Waals surface area contributed by atoms with Gasteiger partial charge in [0.25, 0.3) is 0 Å². The lowest BCUT2D eigenvalue weighted by atomic mass is 10.1. The summed E-state index contributed by atoms with van der Waals surface area (Å²) in [6.45, 7) is 5.68. The first-order valence-electron chi connectivity index (χ1n) is 6.62. The van der Waals surface area contributed by atoms with Crippen LogP contribution in [0.4, 0.5) is 0 Å². The van der Waals surface area contributed by atoms with Crippen molar-refractivity contribution in [2.24, 2.45) is 0 Å². The lowest BCUT2D eigenvalue weighted by Crippen LogP contribution is -2.47. The molecule has 0 amide bonds. The number of ether oxygens (including phenoxy) is 1. The number of aliphatic hydroxyl groups is 2. The fourth-order valence-corrected chi connectivity index (χ4v) is 1.49. The number of nitrogens with one attached hydrogen (secondary N) is 1. The molecule has 0 saturated heterocycles. The van der Waals surface area contributed by atoms with E-state index in [-0.39, 0.29) is 19.0 Å². The molecule has 0 radical (unpaired) electrons. The van der Waals surface area contributed by atoms with Crippen molar-refractivity contribution in [3.8, 4) is 5.75 Å². The Kier molecular flexibility index (Phi) is 6.13. The number of benzene rings is 1. The van der Waals surface area contributed by atoms with E-state index in [2.05, 4.69) is 5.32 Å². The summed E-state index contributed by atoms with van der Waals surface area (Å²) in [5.41, 5.74) is 0.202. The third kappa shape index (κ3) is 5.69. The molecular weight excluding hydrogens is 258 g/mol. The SMILES string of the molecule is CC(=O)c1ccc(OC[C@H](O)CNC(C)(C)CO)cc1. The summed E-state index contributed by atoms with van der Waals surface area (Å²) < 4.78 is 5.44. The summed E-state index contributed by atoms with van der Waals surface area (Å²) in [6, 6.07) is 6.79. The van der Waals surface area contributed by atoms with E-state index in [1.807, 2.05) is 13.8 Å². The van der Waals surface area contributed by atoms with Gasteiger partial charge in [0.15, 0.2) is 5.78 Å². The average Bonchev–Trinajstić information content (AvgIpc) is 2.43. The molecule has 5 heteroatoms. The summed E-state index contributed by atoms with van der Waals surface area (Å²) in [7, 11) is 0. The van der Waals surface area contributed by atoms with Crippen LogP contribution >= 0.6 is 0 Å². The number of hydrogen-bond acceptors (Lipinski definition) is 5. The van der Waals surface area contributed by atoms with Gasteiger partial charge in [0.1, 0.15) is 18.5 Å². The quantitative estimate of drug-likeness (QED) is 0.619. The van der Waals surface area contributed by atoms with Crippen molar-refractivity contribution in [3.05, 3.63) is 29.8 Å². The molecule has 0 aliphatic carbocycles. The Balaban J connectivity index is 2.37. The molecule has 5 nitrogen and oxygen atoms in total. The van der Waals surface area contributed by atoms with E-state index in [9.17, 15) is 9.90 Å². The molecule has 0 saturated carbocycles. The first-order valence-corrected chi connectivity index (χ1v) is 6.62. The monoisotopic (exact) mass is 281 g/mol.